The van der Waals surface area contributed by atoms with Gasteiger partial charge in [-0.05, 0) is 60.4 Å². The number of carbonyl (C=O) groups is 1. The van der Waals surface area contributed by atoms with Gasteiger partial charge in [-0.3, -0.25) is 0 Å². The molecule has 0 aliphatic carbocycles. The van der Waals surface area contributed by atoms with Crippen LogP contribution in [0.1, 0.15) is 11.3 Å². The van der Waals surface area contributed by atoms with Crippen molar-refractivity contribution >= 4 is 23.5 Å². The molecule has 0 atom stereocenters. The minimum absolute atomic E-state index is 0.194. The van der Waals surface area contributed by atoms with Gasteiger partial charge in [0, 0.05) is 35.6 Å². The van der Waals surface area contributed by atoms with Crippen LogP contribution in [0.25, 0.3) is 0 Å². The summed E-state index contributed by atoms with van der Waals surface area (Å²) in [6.45, 7) is 5.15. The molecule has 6 heteroatoms. The van der Waals surface area contributed by atoms with E-state index in [2.05, 4.69) is 11.9 Å². The van der Waals surface area contributed by atoms with E-state index in [4.69, 9.17) is 0 Å². The predicted octanol–water partition coefficient (Wildman–Crippen LogP) is 5.62. The van der Waals surface area contributed by atoms with E-state index in [-0.39, 0.29) is 11.8 Å². The molecule has 0 aliphatic heterocycles. The standard InChI is InChI=1S/C23H24FN3OS/c1-3-13-27(23(28)25-20-9-11-22(29-2)12-10-20)17-21-8-5-14-26(21)16-18-6-4-7-19(24)15-18/h3-12,14-15H,1,13,16-17H2,2H3,(H,25,28). The van der Waals surface area contributed by atoms with Crippen molar-refractivity contribution in [2.45, 2.75) is 18.0 Å². The summed E-state index contributed by atoms with van der Waals surface area (Å²) in [5.41, 5.74) is 2.58. The van der Waals surface area contributed by atoms with Gasteiger partial charge in [-0.25, -0.2) is 9.18 Å². The van der Waals surface area contributed by atoms with Gasteiger partial charge in [-0.15, -0.1) is 18.3 Å². The molecule has 1 heterocycles. The maximum Gasteiger partial charge on any atom is 0.322 e. The molecule has 0 bridgehead atoms. The third-order valence-corrected chi connectivity index (χ3v) is 5.24. The average Bonchev–Trinajstić information content (AvgIpc) is 3.15. The normalized spacial score (nSPS) is 10.6. The molecule has 0 saturated carbocycles. The molecule has 1 aromatic heterocycles. The number of carbonyl (C=O) groups excluding carboxylic acids is 1. The number of hydrogen-bond acceptors (Lipinski definition) is 2. The Morgan fingerprint density at radius 1 is 1.21 bits per heavy atom. The largest absolute Gasteiger partial charge is 0.345 e. The van der Waals surface area contributed by atoms with Crippen molar-refractivity contribution in [2.24, 2.45) is 0 Å². The second-order valence-electron chi connectivity index (χ2n) is 6.59. The van der Waals surface area contributed by atoms with Crippen LogP contribution in [0, 0.1) is 5.82 Å². The maximum atomic E-state index is 13.5. The number of urea groups is 1. The van der Waals surface area contributed by atoms with Gasteiger partial charge in [0.05, 0.1) is 6.54 Å². The van der Waals surface area contributed by atoms with Crippen molar-refractivity contribution in [2.75, 3.05) is 18.1 Å². The topological polar surface area (TPSA) is 37.3 Å². The average molecular weight is 410 g/mol. The van der Waals surface area contributed by atoms with E-state index < -0.39 is 0 Å². The Balaban J connectivity index is 1.70. The predicted molar refractivity (Wildman–Crippen MR) is 118 cm³/mol. The van der Waals surface area contributed by atoms with Gasteiger partial charge in [0.1, 0.15) is 5.82 Å². The van der Waals surface area contributed by atoms with Crippen molar-refractivity contribution in [1.29, 1.82) is 0 Å². The Labute approximate surface area is 175 Å². The molecular weight excluding hydrogens is 385 g/mol. The number of nitrogens with one attached hydrogen (secondary N) is 1. The van der Waals surface area contributed by atoms with E-state index in [0.717, 1.165) is 21.8 Å². The van der Waals surface area contributed by atoms with Gasteiger partial charge in [0.2, 0.25) is 0 Å². The third kappa shape index (κ3) is 5.74. The van der Waals surface area contributed by atoms with E-state index in [1.54, 1.807) is 28.8 Å². The molecule has 4 nitrogen and oxygen atoms in total. The molecule has 0 spiro atoms. The summed E-state index contributed by atoms with van der Waals surface area (Å²) in [7, 11) is 0. The SMILES string of the molecule is C=CCN(Cc1cccn1Cc1cccc(F)c1)C(=O)Nc1ccc(SC)cc1. The van der Waals surface area contributed by atoms with Crippen molar-refractivity contribution in [3.8, 4) is 0 Å². The molecule has 3 aromatic rings. The number of halogens is 1. The first-order valence-corrected chi connectivity index (χ1v) is 10.5. The molecule has 2 amide bonds. The van der Waals surface area contributed by atoms with Crippen LogP contribution in [-0.2, 0) is 13.1 Å². The zero-order valence-electron chi connectivity index (χ0n) is 16.3. The van der Waals surface area contributed by atoms with Gasteiger partial charge in [-0.1, -0.05) is 18.2 Å². The minimum atomic E-state index is -0.253. The fourth-order valence-electron chi connectivity index (χ4n) is 3.03. The fraction of sp³-hybridized carbons (Fsp3) is 0.174. The van der Waals surface area contributed by atoms with E-state index in [0.29, 0.717) is 19.6 Å². The van der Waals surface area contributed by atoms with Crippen LogP contribution in [-0.4, -0.2) is 28.3 Å². The first-order chi connectivity index (χ1) is 14.1. The highest BCUT2D eigenvalue weighted by Gasteiger charge is 2.15. The quantitative estimate of drug-likeness (QED) is 0.387. The van der Waals surface area contributed by atoms with E-state index >= 15 is 0 Å². The molecule has 150 valence electrons. The summed E-state index contributed by atoms with van der Waals surface area (Å²) >= 11 is 1.65. The zero-order chi connectivity index (χ0) is 20.6. The second kappa shape index (κ2) is 9.98. The molecule has 2 aromatic carbocycles. The maximum absolute atomic E-state index is 13.5. The lowest BCUT2D eigenvalue weighted by atomic mass is 10.2. The Morgan fingerprint density at radius 3 is 2.69 bits per heavy atom. The lowest BCUT2D eigenvalue weighted by Gasteiger charge is -2.23. The molecule has 29 heavy (non-hydrogen) atoms. The molecule has 1 N–H and O–H groups in total. The van der Waals surface area contributed by atoms with Crippen LogP contribution in [0.15, 0.2) is 84.4 Å². The molecule has 0 unspecified atom stereocenters. The highest BCUT2D eigenvalue weighted by molar-refractivity contribution is 7.98. The minimum Gasteiger partial charge on any atom is -0.345 e. The highest BCUT2D eigenvalue weighted by Crippen LogP contribution is 2.18. The molecule has 0 radical (unpaired) electrons. The van der Waals surface area contributed by atoms with Gasteiger partial charge in [0.15, 0.2) is 0 Å². The third-order valence-electron chi connectivity index (χ3n) is 4.50. The van der Waals surface area contributed by atoms with Crippen LogP contribution in [0.3, 0.4) is 0 Å². The Bertz CT molecular complexity index is 968. The summed E-state index contributed by atoms with van der Waals surface area (Å²) < 4.78 is 15.5. The number of thioether (sulfide) groups is 1. The summed E-state index contributed by atoms with van der Waals surface area (Å²) in [6.07, 6.45) is 5.65. The highest BCUT2D eigenvalue weighted by atomic mass is 32.2. The number of benzene rings is 2. The van der Waals surface area contributed by atoms with E-state index in [1.807, 2.05) is 59.5 Å². The van der Waals surface area contributed by atoms with Crippen LogP contribution in [0.4, 0.5) is 14.9 Å². The molecule has 0 saturated heterocycles. The second-order valence-corrected chi connectivity index (χ2v) is 7.46. The summed E-state index contributed by atoms with van der Waals surface area (Å²) in [5, 5.41) is 2.94. The van der Waals surface area contributed by atoms with Crippen molar-refractivity contribution in [3.63, 3.8) is 0 Å². The van der Waals surface area contributed by atoms with E-state index in [1.165, 1.54) is 12.1 Å². The van der Waals surface area contributed by atoms with Crippen LogP contribution >= 0.6 is 11.8 Å². The lowest BCUT2D eigenvalue weighted by Crippen LogP contribution is -2.35. The van der Waals surface area contributed by atoms with Crippen molar-refractivity contribution < 1.29 is 9.18 Å². The summed E-state index contributed by atoms with van der Waals surface area (Å²) in [6, 6.07) is 18.0. The molecule has 0 aliphatic rings. The number of rotatable bonds is 8. The lowest BCUT2D eigenvalue weighted by molar-refractivity contribution is 0.214. The van der Waals surface area contributed by atoms with Crippen LogP contribution in [0.5, 0.6) is 0 Å². The number of hydrogen-bond donors (Lipinski definition) is 1. The number of aromatic nitrogens is 1. The monoisotopic (exact) mass is 409 g/mol. The zero-order valence-corrected chi connectivity index (χ0v) is 17.2. The molecule has 0 fully saturated rings. The first-order valence-electron chi connectivity index (χ1n) is 9.28. The molecular formula is C23H24FN3OS. The van der Waals surface area contributed by atoms with Crippen LogP contribution < -0.4 is 5.32 Å². The fourth-order valence-corrected chi connectivity index (χ4v) is 3.44. The number of anilines is 1. The van der Waals surface area contributed by atoms with Gasteiger partial charge < -0.3 is 14.8 Å². The number of nitrogens with zero attached hydrogens (tertiary/aromatic N) is 2. The first kappa shape index (κ1) is 20.7. The van der Waals surface area contributed by atoms with Crippen molar-refractivity contribution in [1.82, 2.24) is 9.47 Å². The summed E-state index contributed by atoms with van der Waals surface area (Å²) in [4.78, 5) is 15.6. The van der Waals surface area contributed by atoms with Crippen LogP contribution in [0.2, 0.25) is 0 Å². The summed E-state index contributed by atoms with van der Waals surface area (Å²) in [5.74, 6) is -0.253. The Kier molecular flexibility index (Phi) is 7.14. The van der Waals surface area contributed by atoms with Gasteiger partial charge >= 0.3 is 6.03 Å². The smallest absolute Gasteiger partial charge is 0.322 e. The van der Waals surface area contributed by atoms with Gasteiger partial charge in [0.25, 0.3) is 0 Å². The number of amides is 2. The Morgan fingerprint density at radius 2 is 2.00 bits per heavy atom. The van der Waals surface area contributed by atoms with Crippen molar-refractivity contribution in [3.05, 3.63) is 96.6 Å². The Hall–Kier alpha value is -2.99. The van der Waals surface area contributed by atoms with Gasteiger partial charge in [-0.2, -0.15) is 0 Å². The van der Waals surface area contributed by atoms with E-state index in [9.17, 15) is 9.18 Å². The molecule has 3 rings (SSSR count).